The molecule has 8 heteroatoms. The van der Waals surface area contributed by atoms with Crippen molar-refractivity contribution in [3.05, 3.63) is 0 Å². The number of halogens is 1. The first kappa shape index (κ1) is 12.0. The number of hydrogen-bond donors (Lipinski definition) is 0. The molecule has 2 aliphatic heterocycles. The maximum atomic E-state index is 11.6. The Labute approximate surface area is 102 Å². The standard InChI is InChI=1S/C9H11ClN2O5/c1-9(6(10)13,11-2-4-16-7(11)14)12-3-5-17-8(12)15/h2-5H2,1H3. The smallest absolute Gasteiger partial charge is 0.412 e. The molecule has 0 aliphatic carbocycles. The summed E-state index contributed by atoms with van der Waals surface area (Å²) in [5.41, 5.74) is -1.55. The van der Waals surface area contributed by atoms with Gasteiger partial charge < -0.3 is 9.47 Å². The van der Waals surface area contributed by atoms with Crippen LogP contribution in [0.5, 0.6) is 0 Å². The molecular formula is C9H11ClN2O5. The summed E-state index contributed by atoms with van der Waals surface area (Å²) in [5.74, 6) is 0. The SMILES string of the molecule is CC(C(=O)Cl)(N1CCOC1=O)N1CCOC1=O. The first-order valence-electron chi connectivity index (χ1n) is 5.06. The van der Waals surface area contributed by atoms with Crippen molar-refractivity contribution in [2.24, 2.45) is 0 Å². The third-order valence-corrected chi connectivity index (χ3v) is 3.30. The van der Waals surface area contributed by atoms with E-state index in [1.54, 1.807) is 0 Å². The van der Waals surface area contributed by atoms with E-state index in [-0.39, 0.29) is 26.3 Å². The van der Waals surface area contributed by atoms with Gasteiger partial charge in [0.05, 0.1) is 13.1 Å². The molecule has 2 saturated heterocycles. The predicted molar refractivity (Wildman–Crippen MR) is 55.4 cm³/mol. The number of carbonyl (C=O) groups excluding carboxylic acids is 3. The molecule has 2 amide bonds. The zero-order valence-corrected chi connectivity index (χ0v) is 9.90. The predicted octanol–water partition coefficient (Wildman–Crippen LogP) is 0.372. The van der Waals surface area contributed by atoms with Gasteiger partial charge >= 0.3 is 12.2 Å². The number of amides is 2. The summed E-state index contributed by atoms with van der Waals surface area (Å²) in [7, 11) is 0. The van der Waals surface area contributed by atoms with Crippen LogP contribution in [0.4, 0.5) is 9.59 Å². The zero-order chi connectivity index (χ0) is 12.6. The van der Waals surface area contributed by atoms with Gasteiger partial charge in [0, 0.05) is 0 Å². The van der Waals surface area contributed by atoms with Gasteiger partial charge in [-0.2, -0.15) is 0 Å². The van der Waals surface area contributed by atoms with Gasteiger partial charge in [-0.3, -0.25) is 14.6 Å². The van der Waals surface area contributed by atoms with Crippen LogP contribution in [0.3, 0.4) is 0 Å². The molecule has 0 spiro atoms. The van der Waals surface area contributed by atoms with Crippen LogP contribution in [0.15, 0.2) is 0 Å². The molecule has 0 atom stereocenters. The second-order valence-corrected chi connectivity index (χ2v) is 4.17. The third-order valence-electron chi connectivity index (χ3n) is 2.95. The number of cyclic esters (lactones) is 2. The van der Waals surface area contributed by atoms with E-state index in [0.29, 0.717) is 0 Å². The first-order chi connectivity index (χ1) is 7.98. The van der Waals surface area contributed by atoms with E-state index in [1.165, 1.54) is 6.92 Å². The van der Waals surface area contributed by atoms with E-state index < -0.39 is 23.1 Å². The lowest BCUT2D eigenvalue weighted by atomic mass is 10.1. The lowest BCUT2D eigenvalue weighted by molar-refractivity contribution is -0.128. The molecule has 7 nitrogen and oxygen atoms in total. The number of ether oxygens (including phenoxy) is 2. The van der Waals surface area contributed by atoms with Crippen molar-refractivity contribution in [2.45, 2.75) is 12.6 Å². The molecule has 0 radical (unpaired) electrons. The summed E-state index contributed by atoms with van der Waals surface area (Å²) in [4.78, 5) is 36.9. The summed E-state index contributed by atoms with van der Waals surface area (Å²) >= 11 is 5.54. The Hall–Kier alpha value is -1.50. The van der Waals surface area contributed by atoms with E-state index in [4.69, 9.17) is 21.1 Å². The highest BCUT2D eigenvalue weighted by atomic mass is 35.5. The number of hydrogen-bond acceptors (Lipinski definition) is 5. The molecule has 2 fully saturated rings. The van der Waals surface area contributed by atoms with E-state index in [2.05, 4.69) is 0 Å². The van der Waals surface area contributed by atoms with Crippen LogP contribution in [0.2, 0.25) is 0 Å². The maximum absolute atomic E-state index is 11.6. The van der Waals surface area contributed by atoms with Crippen LogP contribution in [0, 0.1) is 0 Å². The van der Waals surface area contributed by atoms with Crippen molar-refractivity contribution in [3.63, 3.8) is 0 Å². The summed E-state index contributed by atoms with van der Waals surface area (Å²) in [6.07, 6.45) is -1.33. The second-order valence-electron chi connectivity index (χ2n) is 3.83. The molecule has 0 aromatic heterocycles. The fourth-order valence-electron chi connectivity index (χ4n) is 1.94. The van der Waals surface area contributed by atoms with Gasteiger partial charge in [-0.05, 0) is 18.5 Å². The van der Waals surface area contributed by atoms with Gasteiger partial charge in [-0.1, -0.05) is 0 Å². The van der Waals surface area contributed by atoms with Crippen molar-refractivity contribution >= 4 is 29.0 Å². The quantitative estimate of drug-likeness (QED) is 0.687. The van der Waals surface area contributed by atoms with Gasteiger partial charge in [-0.25, -0.2) is 9.59 Å². The molecule has 2 aliphatic rings. The Balaban J connectivity index is 2.34. The highest BCUT2D eigenvalue weighted by molar-refractivity contribution is 6.65. The fraction of sp³-hybridized carbons (Fsp3) is 0.667. The monoisotopic (exact) mass is 262 g/mol. The molecule has 17 heavy (non-hydrogen) atoms. The average Bonchev–Trinajstić information content (AvgIpc) is 2.86. The van der Waals surface area contributed by atoms with Crippen molar-refractivity contribution < 1.29 is 23.9 Å². The van der Waals surface area contributed by atoms with Crippen LogP contribution in [-0.2, 0) is 14.3 Å². The molecule has 94 valence electrons. The molecule has 0 aromatic rings. The lowest BCUT2D eigenvalue weighted by Gasteiger charge is -2.39. The van der Waals surface area contributed by atoms with Crippen molar-refractivity contribution in [1.82, 2.24) is 9.80 Å². The Bertz CT molecular complexity index is 360. The fourth-order valence-corrected chi connectivity index (χ4v) is 2.14. The molecule has 0 N–H and O–H groups in total. The second kappa shape index (κ2) is 4.06. The molecule has 2 rings (SSSR count). The van der Waals surface area contributed by atoms with E-state index >= 15 is 0 Å². The Morgan fingerprint density at radius 3 is 1.82 bits per heavy atom. The first-order valence-corrected chi connectivity index (χ1v) is 5.44. The number of nitrogens with zero attached hydrogens (tertiary/aromatic N) is 2. The van der Waals surface area contributed by atoms with E-state index in [9.17, 15) is 14.4 Å². The zero-order valence-electron chi connectivity index (χ0n) is 9.14. The highest BCUT2D eigenvalue weighted by Crippen LogP contribution is 2.29. The summed E-state index contributed by atoms with van der Waals surface area (Å²) in [6.45, 7) is 2.15. The molecular weight excluding hydrogens is 252 g/mol. The average molecular weight is 263 g/mol. The highest BCUT2D eigenvalue weighted by Gasteiger charge is 2.52. The van der Waals surface area contributed by atoms with Crippen molar-refractivity contribution in [1.29, 1.82) is 0 Å². The normalized spacial score (nSPS) is 20.6. The van der Waals surface area contributed by atoms with Crippen LogP contribution < -0.4 is 0 Å². The Morgan fingerprint density at radius 1 is 1.18 bits per heavy atom. The maximum Gasteiger partial charge on any atom is 0.412 e. The van der Waals surface area contributed by atoms with Crippen molar-refractivity contribution in [3.8, 4) is 0 Å². The molecule has 0 aromatic carbocycles. The third kappa shape index (κ3) is 1.70. The minimum atomic E-state index is -1.55. The van der Waals surface area contributed by atoms with Crippen LogP contribution >= 0.6 is 11.6 Å². The Kier molecular flexibility index (Phi) is 2.86. The van der Waals surface area contributed by atoms with E-state index in [1.807, 2.05) is 0 Å². The minimum Gasteiger partial charge on any atom is -0.447 e. The van der Waals surface area contributed by atoms with Crippen LogP contribution in [-0.4, -0.2) is 59.2 Å². The van der Waals surface area contributed by atoms with E-state index in [0.717, 1.165) is 9.80 Å². The van der Waals surface area contributed by atoms with Gasteiger partial charge in [0.25, 0.3) is 5.24 Å². The van der Waals surface area contributed by atoms with Crippen LogP contribution in [0.1, 0.15) is 6.92 Å². The minimum absolute atomic E-state index is 0.168. The van der Waals surface area contributed by atoms with Crippen LogP contribution in [0.25, 0.3) is 0 Å². The van der Waals surface area contributed by atoms with Gasteiger partial charge in [-0.15, -0.1) is 0 Å². The van der Waals surface area contributed by atoms with Gasteiger partial charge in [0.2, 0.25) is 0 Å². The number of rotatable bonds is 3. The van der Waals surface area contributed by atoms with Gasteiger partial charge in [0.15, 0.2) is 5.66 Å². The largest absolute Gasteiger partial charge is 0.447 e. The molecule has 0 bridgehead atoms. The number of carbonyl (C=O) groups is 3. The van der Waals surface area contributed by atoms with Crippen molar-refractivity contribution in [2.75, 3.05) is 26.3 Å². The molecule has 0 unspecified atom stereocenters. The summed E-state index contributed by atoms with van der Waals surface area (Å²) in [5, 5.41) is -0.824. The Morgan fingerprint density at radius 2 is 1.59 bits per heavy atom. The lowest BCUT2D eigenvalue weighted by Crippen LogP contribution is -2.63. The molecule has 2 heterocycles. The summed E-state index contributed by atoms with van der Waals surface area (Å²) < 4.78 is 9.51. The summed E-state index contributed by atoms with van der Waals surface area (Å²) in [6, 6.07) is 0. The topological polar surface area (TPSA) is 76.2 Å². The van der Waals surface area contributed by atoms with Gasteiger partial charge in [0.1, 0.15) is 13.2 Å². The molecule has 0 saturated carbocycles.